The Kier molecular flexibility index (Phi) is 4.43. The third-order valence-corrected chi connectivity index (χ3v) is 5.75. The van der Waals surface area contributed by atoms with Crippen molar-refractivity contribution in [3.05, 3.63) is 0 Å². The van der Waals surface area contributed by atoms with Crippen molar-refractivity contribution in [2.24, 2.45) is 0 Å². The first-order valence-electron chi connectivity index (χ1n) is 3.28. The van der Waals surface area contributed by atoms with Crippen molar-refractivity contribution in [1.82, 2.24) is 0 Å². The summed E-state index contributed by atoms with van der Waals surface area (Å²) in [5.41, 5.74) is 0. The highest BCUT2D eigenvalue weighted by atomic mass is 32.3. The lowest BCUT2D eigenvalue weighted by Crippen LogP contribution is -2.07. The third-order valence-electron chi connectivity index (χ3n) is 1.10. The van der Waals surface area contributed by atoms with Crippen LogP contribution in [0.25, 0.3) is 0 Å². The van der Waals surface area contributed by atoms with Gasteiger partial charge in [-0.3, -0.25) is 0 Å². The zero-order valence-corrected chi connectivity index (χ0v) is 8.08. The molecule has 1 rings (SSSR count). The standard InChI is InChI=1S/C5H11BS3/c1-2-7-6-8-4-3-5-9-6/h2-5H2,1H3. The fourth-order valence-electron chi connectivity index (χ4n) is 0.698. The van der Waals surface area contributed by atoms with Gasteiger partial charge in [0.05, 0.1) is 0 Å². The molecule has 0 nitrogen and oxygen atoms in total. The Morgan fingerprint density at radius 1 is 1.44 bits per heavy atom. The van der Waals surface area contributed by atoms with Gasteiger partial charge in [-0.05, 0) is 23.7 Å². The van der Waals surface area contributed by atoms with Gasteiger partial charge in [0.25, 0.3) is 0 Å². The number of rotatable bonds is 2. The average Bonchev–Trinajstić information content (AvgIpc) is 1.91. The second kappa shape index (κ2) is 4.86. The minimum Gasteiger partial charge on any atom is -0.184 e. The van der Waals surface area contributed by atoms with Gasteiger partial charge in [-0.2, -0.15) is 34.8 Å². The van der Waals surface area contributed by atoms with E-state index in [1.54, 1.807) is 0 Å². The predicted molar refractivity (Wildman–Crippen MR) is 53.4 cm³/mol. The maximum atomic E-state index is 2.24. The molecular weight excluding hydrogens is 167 g/mol. The van der Waals surface area contributed by atoms with Crippen molar-refractivity contribution < 1.29 is 0 Å². The molecule has 0 aromatic heterocycles. The molecule has 4 heteroatoms. The van der Waals surface area contributed by atoms with Gasteiger partial charge in [0, 0.05) is 0 Å². The molecule has 0 aliphatic carbocycles. The fourth-order valence-corrected chi connectivity index (χ4v) is 5.29. The zero-order valence-electron chi connectivity index (χ0n) is 5.63. The lowest BCUT2D eigenvalue weighted by molar-refractivity contribution is 1.13. The topological polar surface area (TPSA) is 0 Å². The summed E-state index contributed by atoms with van der Waals surface area (Å²) in [5.74, 6) is 4.03. The van der Waals surface area contributed by atoms with Crippen molar-refractivity contribution in [1.29, 1.82) is 0 Å². The van der Waals surface area contributed by atoms with Crippen LogP contribution in [0.5, 0.6) is 0 Å². The van der Waals surface area contributed by atoms with Gasteiger partial charge in [-0.1, -0.05) is 6.92 Å². The molecule has 9 heavy (non-hydrogen) atoms. The maximum Gasteiger partial charge on any atom is 0.341 e. The van der Waals surface area contributed by atoms with E-state index in [2.05, 4.69) is 41.8 Å². The molecule has 52 valence electrons. The van der Waals surface area contributed by atoms with Gasteiger partial charge in [0.2, 0.25) is 0 Å². The van der Waals surface area contributed by atoms with Crippen LogP contribution >= 0.6 is 34.8 Å². The minimum absolute atomic E-state index is 0.851. The second-order valence-corrected chi connectivity index (χ2v) is 6.54. The van der Waals surface area contributed by atoms with Gasteiger partial charge in [0.15, 0.2) is 0 Å². The second-order valence-electron chi connectivity index (χ2n) is 1.84. The van der Waals surface area contributed by atoms with Crippen LogP contribution in [0.3, 0.4) is 0 Å². The lowest BCUT2D eigenvalue weighted by atomic mass is 10.6. The van der Waals surface area contributed by atoms with Gasteiger partial charge in [0.1, 0.15) is 0 Å². The first kappa shape index (κ1) is 8.21. The Morgan fingerprint density at radius 3 is 2.67 bits per heavy atom. The Hall–Kier alpha value is 1.11. The molecular formula is C5H11BS3. The molecule has 0 atom stereocenters. The summed E-state index contributed by atoms with van der Waals surface area (Å²) in [7, 11) is 0. The highest BCUT2D eigenvalue weighted by Crippen LogP contribution is 2.34. The van der Waals surface area contributed by atoms with Crippen molar-refractivity contribution in [3.63, 3.8) is 0 Å². The minimum atomic E-state index is 0.851. The van der Waals surface area contributed by atoms with E-state index in [9.17, 15) is 0 Å². The third kappa shape index (κ3) is 3.14. The quantitative estimate of drug-likeness (QED) is 0.596. The molecule has 0 aromatic rings. The summed E-state index contributed by atoms with van der Waals surface area (Å²) >= 11 is 6.31. The summed E-state index contributed by atoms with van der Waals surface area (Å²) < 4.78 is 0.851. The smallest absolute Gasteiger partial charge is 0.184 e. The Morgan fingerprint density at radius 2 is 2.11 bits per heavy atom. The van der Waals surface area contributed by atoms with Crippen molar-refractivity contribution in [3.8, 4) is 0 Å². The molecule has 0 amide bonds. The van der Waals surface area contributed by atoms with Crippen LogP contribution in [0.1, 0.15) is 13.3 Å². The lowest BCUT2D eigenvalue weighted by Gasteiger charge is -2.15. The van der Waals surface area contributed by atoms with Crippen molar-refractivity contribution in [2.45, 2.75) is 13.3 Å². The average molecular weight is 178 g/mol. The van der Waals surface area contributed by atoms with E-state index in [-0.39, 0.29) is 0 Å². The molecule has 1 aliphatic rings. The maximum absolute atomic E-state index is 2.24. The van der Waals surface area contributed by atoms with Crippen molar-refractivity contribution in [2.75, 3.05) is 17.3 Å². The summed E-state index contributed by atoms with van der Waals surface area (Å²) in [6.45, 7) is 2.24. The molecule has 0 unspecified atom stereocenters. The zero-order chi connectivity index (χ0) is 6.53. The largest absolute Gasteiger partial charge is 0.341 e. The predicted octanol–water partition coefficient (Wildman–Crippen LogP) is 2.59. The summed E-state index contributed by atoms with van der Waals surface area (Å²) in [4.78, 5) is 0. The normalized spacial score (nSPS) is 20.3. The number of hydrogen-bond donors (Lipinski definition) is 0. The van der Waals surface area contributed by atoms with Gasteiger partial charge < -0.3 is 0 Å². The summed E-state index contributed by atoms with van der Waals surface area (Å²) in [6.07, 6.45) is 1.41. The Balaban J connectivity index is 2.08. The molecule has 1 heterocycles. The van der Waals surface area contributed by atoms with Crippen LogP contribution in [-0.4, -0.2) is 21.8 Å². The van der Waals surface area contributed by atoms with E-state index in [1.165, 1.54) is 23.7 Å². The molecule has 1 saturated heterocycles. The van der Waals surface area contributed by atoms with Crippen LogP contribution in [0, 0.1) is 0 Å². The Labute approximate surface area is 70.1 Å². The van der Waals surface area contributed by atoms with Crippen LogP contribution in [-0.2, 0) is 0 Å². The van der Waals surface area contributed by atoms with E-state index in [0.717, 1.165) is 4.55 Å². The van der Waals surface area contributed by atoms with Crippen LogP contribution in [0.4, 0.5) is 0 Å². The van der Waals surface area contributed by atoms with Crippen molar-refractivity contribution >= 4 is 39.4 Å². The fraction of sp³-hybridized carbons (Fsp3) is 1.00. The van der Waals surface area contributed by atoms with E-state index in [0.29, 0.717) is 0 Å². The molecule has 0 N–H and O–H groups in total. The monoisotopic (exact) mass is 178 g/mol. The summed E-state index contributed by atoms with van der Waals surface area (Å²) in [5, 5.41) is 0. The molecule has 1 fully saturated rings. The van der Waals surface area contributed by atoms with Crippen LogP contribution in [0.2, 0.25) is 0 Å². The van der Waals surface area contributed by atoms with E-state index >= 15 is 0 Å². The molecule has 0 radical (unpaired) electrons. The van der Waals surface area contributed by atoms with E-state index in [4.69, 9.17) is 0 Å². The molecule has 0 bridgehead atoms. The van der Waals surface area contributed by atoms with E-state index in [1.807, 2.05) is 0 Å². The first-order chi connectivity index (χ1) is 4.43. The first-order valence-corrected chi connectivity index (χ1v) is 6.43. The van der Waals surface area contributed by atoms with Gasteiger partial charge in [-0.15, -0.1) is 0 Å². The van der Waals surface area contributed by atoms with Crippen LogP contribution in [0.15, 0.2) is 0 Å². The van der Waals surface area contributed by atoms with Crippen LogP contribution < -0.4 is 0 Å². The highest BCUT2D eigenvalue weighted by Gasteiger charge is 2.18. The van der Waals surface area contributed by atoms with E-state index < -0.39 is 0 Å². The summed E-state index contributed by atoms with van der Waals surface area (Å²) in [6, 6.07) is 0. The highest BCUT2D eigenvalue weighted by molar-refractivity contribution is 8.76. The molecule has 0 aromatic carbocycles. The molecule has 0 saturated carbocycles. The SMILES string of the molecule is CCSB1SCCCS1. The number of hydrogen-bond acceptors (Lipinski definition) is 3. The molecule has 0 spiro atoms. The van der Waals surface area contributed by atoms with Gasteiger partial charge in [-0.25, -0.2) is 0 Å². The van der Waals surface area contributed by atoms with Gasteiger partial charge >= 0.3 is 4.55 Å². The Bertz CT molecular complexity index is 69.8. The molecule has 1 aliphatic heterocycles.